The molecule has 0 spiro atoms. The molecule has 1 aromatic carbocycles. The van der Waals surface area contributed by atoms with Crippen molar-refractivity contribution in [3.05, 3.63) is 29.3 Å². The predicted molar refractivity (Wildman–Crippen MR) is 55.8 cm³/mol. The van der Waals surface area contributed by atoms with Crippen molar-refractivity contribution < 1.29 is 19.8 Å². The van der Waals surface area contributed by atoms with Crippen LogP contribution in [0.15, 0.2) is 18.2 Å². The maximum absolute atomic E-state index is 10.6. The van der Waals surface area contributed by atoms with Gasteiger partial charge in [0.05, 0.1) is 6.42 Å². The van der Waals surface area contributed by atoms with E-state index < -0.39 is 11.9 Å². The standard InChI is InChI=1S/C11H9NO4/c12-10(14)3-1-2-7-4-5-8(11(15)16)9(13)6-7/h4-6,13H,3H2,(H2,12,14)(H,15,16). The number of carbonyl (C=O) groups excluding carboxylic acids is 1. The highest BCUT2D eigenvalue weighted by Gasteiger charge is 2.08. The maximum Gasteiger partial charge on any atom is 0.339 e. The highest BCUT2D eigenvalue weighted by Crippen LogP contribution is 2.18. The van der Waals surface area contributed by atoms with Crippen LogP contribution in [0.1, 0.15) is 22.3 Å². The normalized spacial score (nSPS) is 9.00. The Morgan fingerprint density at radius 3 is 2.56 bits per heavy atom. The molecule has 82 valence electrons. The zero-order chi connectivity index (χ0) is 12.1. The highest BCUT2D eigenvalue weighted by molar-refractivity contribution is 5.90. The quantitative estimate of drug-likeness (QED) is 0.623. The van der Waals surface area contributed by atoms with Gasteiger partial charge in [-0.2, -0.15) is 0 Å². The third-order valence-corrected chi connectivity index (χ3v) is 1.72. The number of benzene rings is 1. The van der Waals surface area contributed by atoms with Crippen LogP contribution in [-0.2, 0) is 4.79 Å². The number of phenols is 1. The third-order valence-electron chi connectivity index (χ3n) is 1.72. The van der Waals surface area contributed by atoms with E-state index >= 15 is 0 Å². The van der Waals surface area contributed by atoms with Gasteiger partial charge in [0.25, 0.3) is 0 Å². The molecule has 0 aliphatic rings. The van der Waals surface area contributed by atoms with E-state index in [2.05, 4.69) is 11.8 Å². The van der Waals surface area contributed by atoms with E-state index in [0.29, 0.717) is 5.56 Å². The number of nitrogens with two attached hydrogens (primary N) is 1. The summed E-state index contributed by atoms with van der Waals surface area (Å²) in [6.07, 6.45) is -0.0819. The Hall–Kier alpha value is -2.48. The Balaban J connectivity index is 2.92. The van der Waals surface area contributed by atoms with Gasteiger partial charge in [0, 0.05) is 5.56 Å². The van der Waals surface area contributed by atoms with Crippen LogP contribution in [-0.4, -0.2) is 22.1 Å². The molecule has 1 aromatic rings. The fourth-order valence-electron chi connectivity index (χ4n) is 1.02. The maximum atomic E-state index is 10.6. The minimum absolute atomic E-state index is 0.0819. The second-order valence-electron chi connectivity index (χ2n) is 2.98. The smallest absolute Gasteiger partial charge is 0.339 e. The van der Waals surface area contributed by atoms with Gasteiger partial charge < -0.3 is 15.9 Å². The highest BCUT2D eigenvalue weighted by atomic mass is 16.4. The number of carboxylic acid groups (broad SMARTS) is 1. The average molecular weight is 219 g/mol. The van der Waals surface area contributed by atoms with Crippen molar-refractivity contribution in [3.8, 4) is 17.6 Å². The van der Waals surface area contributed by atoms with E-state index in [-0.39, 0.29) is 17.7 Å². The minimum Gasteiger partial charge on any atom is -0.507 e. The van der Waals surface area contributed by atoms with Crippen molar-refractivity contribution in [3.63, 3.8) is 0 Å². The molecule has 5 heteroatoms. The van der Waals surface area contributed by atoms with Gasteiger partial charge >= 0.3 is 5.97 Å². The summed E-state index contributed by atoms with van der Waals surface area (Å²) < 4.78 is 0. The van der Waals surface area contributed by atoms with Crippen LogP contribution >= 0.6 is 0 Å². The summed E-state index contributed by atoms with van der Waals surface area (Å²) in [4.78, 5) is 21.0. The number of carboxylic acids is 1. The van der Waals surface area contributed by atoms with E-state index in [4.69, 9.17) is 10.8 Å². The molecule has 5 nitrogen and oxygen atoms in total. The second-order valence-corrected chi connectivity index (χ2v) is 2.98. The molecule has 0 atom stereocenters. The van der Waals surface area contributed by atoms with Gasteiger partial charge in [0.2, 0.25) is 5.91 Å². The van der Waals surface area contributed by atoms with Crippen LogP contribution in [0, 0.1) is 11.8 Å². The zero-order valence-corrected chi connectivity index (χ0v) is 8.23. The first-order valence-electron chi connectivity index (χ1n) is 4.34. The fourth-order valence-corrected chi connectivity index (χ4v) is 1.02. The lowest BCUT2D eigenvalue weighted by Gasteiger charge is -1.98. The number of amides is 1. The molecule has 1 amide bonds. The number of aromatic hydroxyl groups is 1. The Bertz CT molecular complexity index is 496. The largest absolute Gasteiger partial charge is 0.507 e. The van der Waals surface area contributed by atoms with Gasteiger partial charge in [0.15, 0.2) is 0 Å². The Kier molecular flexibility index (Phi) is 3.51. The van der Waals surface area contributed by atoms with Crippen LogP contribution in [0.4, 0.5) is 0 Å². The molecule has 0 heterocycles. The van der Waals surface area contributed by atoms with Crippen LogP contribution in [0.3, 0.4) is 0 Å². The molecule has 0 aromatic heterocycles. The van der Waals surface area contributed by atoms with E-state index in [1.165, 1.54) is 18.2 Å². The molecule has 16 heavy (non-hydrogen) atoms. The third kappa shape index (κ3) is 3.03. The van der Waals surface area contributed by atoms with E-state index in [1.54, 1.807) is 0 Å². The van der Waals surface area contributed by atoms with Gasteiger partial charge in [-0.05, 0) is 18.2 Å². The van der Waals surface area contributed by atoms with Crippen LogP contribution < -0.4 is 5.73 Å². The molecule has 0 fully saturated rings. The van der Waals surface area contributed by atoms with E-state index in [0.717, 1.165) is 0 Å². The van der Waals surface area contributed by atoms with Crippen molar-refractivity contribution in [2.45, 2.75) is 6.42 Å². The van der Waals surface area contributed by atoms with Crippen molar-refractivity contribution in [2.75, 3.05) is 0 Å². The molecule has 0 saturated heterocycles. The summed E-state index contributed by atoms with van der Waals surface area (Å²) in [5.74, 6) is 2.95. The van der Waals surface area contributed by atoms with Gasteiger partial charge in [-0.1, -0.05) is 11.8 Å². The zero-order valence-electron chi connectivity index (χ0n) is 8.23. The molecule has 0 aliphatic carbocycles. The average Bonchev–Trinajstić information content (AvgIpc) is 2.16. The molecular formula is C11H9NO4. The SMILES string of the molecule is NC(=O)CC#Cc1ccc(C(=O)O)c(O)c1. The summed E-state index contributed by atoms with van der Waals surface area (Å²) in [5.41, 5.74) is 5.11. The number of primary amides is 1. The van der Waals surface area contributed by atoms with Crippen molar-refractivity contribution >= 4 is 11.9 Å². The first kappa shape index (κ1) is 11.6. The Morgan fingerprint density at radius 2 is 2.06 bits per heavy atom. The number of rotatable bonds is 2. The van der Waals surface area contributed by atoms with Crippen LogP contribution in [0.25, 0.3) is 0 Å². The Morgan fingerprint density at radius 1 is 1.38 bits per heavy atom. The molecule has 0 unspecified atom stereocenters. The summed E-state index contributed by atoms with van der Waals surface area (Å²) in [6, 6.07) is 3.90. The lowest BCUT2D eigenvalue weighted by Crippen LogP contribution is -2.08. The summed E-state index contributed by atoms with van der Waals surface area (Å²) in [5, 5.41) is 18.0. The monoisotopic (exact) mass is 219 g/mol. The molecule has 0 bridgehead atoms. The van der Waals surface area contributed by atoms with E-state index in [1.807, 2.05) is 0 Å². The molecule has 0 aliphatic heterocycles. The summed E-state index contributed by atoms with van der Waals surface area (Å²) in [6.45, 7) is 0. The van der Waals surface area contributed by atoms with Crippen molar-refractivity contribution in [1.29, 1.82) is 0 Å². The molecule has 1 rings (SSSR count). The molecule has 0 radical (unpaired) electrons. The second kappa shape index (κ2) is 4.84. The van der Waals surface area contributed by atoms with Gasteiger partial charge in [-0.15, -0.1) is 0 Å². The topological polar surface area (TPSA) is 101 Å². The summed E-state index contributed by atoms with van der Waals surface area (Å²) in [7, 11) is 0. The van der Waals surface area contributed by atoms with Crippen molar-refractivity contribution in [1.82, 2.24) is 0 Å². The van der Waals surface area contributed by atoms with Gasteiger partial charge in [0.1, 0.15) is 11.3 Å². The van der Waals surface area contributed by atoms with Gasteiger partial charge in [-0.3, -0.25) is 4.79 Å². The first-order valence-corrected chi connectivity index (χ1v) is 4.34. The predicted octanol–water partition coefficient (Wildman–Crippen LogP) is 0.317. The van der Waals surface area contributed by atoms with Gasteiger partial charge in [-0.25, -0.2) is 4.79 Å². The number of aromatic carboxylic acids is 1. The molecule has 4 N–H and O–H groups in total. The number of carbonyl (C=O) groups is 2. The Labute approximate surface area is 91.5 Å². The number of hydrogen-bond donors (Lipinski definition) is 3. The first-order chi connectivity index (χ1) is 7.50. The minimum atomic E-state index is -1.21. The van der Waals surface area contributed by atoms with Crippen LogP contribution in [0.2, 0.25) is 0 Å². The van der Waals surface area contributed by atoms with Crippen LogP contribution in [0.5, 0.6) is 5.75 Å². The lowest BCUT2D eigenvalue weighted by atomic mass is 10.1. The molecule has 0 saturated carbocycles. The summed E-state index contributed by atoms with van der Waals surface area (Å²) >= 11 is 0. The number of hydrogen-bond acceptors (Lipinski definition) is 3. The van der Waals surface area contributed by atoms with E-state index in [9.17, 15) is 14.7 Å². The lowest BCUT2D eigenvalue weighted by molar-refractivity contribution is -0.117. The fraction of sp³-hybridized carbons (Fsp3) is 0.0909. The molecular weight excluding hydrogens is 210 g/mol. The van der Waals surface area contributed by atoms with Crippen molar-refractivity contribution in [2.24, 2.45) is 5.73 Å².